The molecular formula is C11H11Cl2N3O4. The summed E-state index contributed by atoms with van der Waals surface area (Å²) in [6, 6.07) is 1.72. The topological polar surface area (TPSA) is 115 Å². The van der Waals surface area contributed by atoms with Crippen LogP contribution in [0.1, 0.15) is 23.7 Å². The molecule has 1 atom stereocenters. The Morgan fingerprint density at radius 1 is 1.45 bits per heavy atom. The number of nitro benzene ring substituents is 1. The molecule has 1 unspecified atom stereocenters. The number of carbonyl (C=O) groups is 2. The molecule has 108 valence electrons. The summed E-state index contributed by atoms with van der Waals surface area (Å²) < 4.78 is 0. The SMILES string of the molecule is CC(CC(N)=O)NC(=O)c1cc(Cl)c(Cl)c([N+](=O)[O-])c1. The van der Waals surface area contributed by atoms with Crippen molar-refractivity contribution in [2.45, 2.75) is 19.4 Å². The van der Waals surface area contributed by atoms with E-state index in [1.807, 2.05) is 0 Å². The van der Waals surface area contributed by atoms with E-state index in [1.165, 1.54) is 6.07 Å². The van der Waals surface area contributed by atoms with E-state index in [2.05, 4.69) is 5.32 Å². The maximum Gasteiger partial charge on any atom is 0.290 e. The largest absolute Gasteiger partial charge is 0.370 e. The van der Waals surface area contributed by atoms with Gasteiger partial charge in [0.2, 0.25) is 5.91 Å². The highest BCUT2D eigenvalue weighted by atomic mass is 35.5. The van der Waals surface area contributed by atoms with Crippen LogP contribution >= 0.6 is 23.2 Å². The highest BCUT2D eigenvalue weighted by molar-refractivity contribution is 6.43. The predicted molar refractivity (Wildman–Crippen MR) is 73.9 cm³/mol. The van der Waals surface area contributed by atoms with Gasteiger partial charge in [0.25, 0.3) is 11.6 Å². The van der Waals surface area contributed by atoms with Crippen molar-refractivity contribution < 1.29 is 14.5 Å². The van der Waals surface area contributed by atoms with Gasteiger partial charge in [-0.3, -0.25) is 19.7 Å². The fourth-order valence-corrected chi connectivity index (χ4v) is 1.89. The van der Waals surface area contributed by atoms with Crippen molar-refractivity contribution in [1.82, 2.24) is 5.32 Å². The highest BCUT2D eigenvalue weighted by Gasteiger charge is 2.21. The van der Waals surface area contributed by atoms with Crippen molar-refractivity contribution in [2.75, 3.05) is 0 Å². The molecule has 0 aliphatic carbocycles. The molecule has 9 heteroatoms. The van der Waals surface area contributed by atoms with Gasteiger partial charge >= 0.3 is 0 Å². The lowest BCUT2D eigenvalue weighted by atomic mass is 10.1. The van der Waals surface area contributed by atoms with Crippen LogP contribution in [0.5, 0.6) is 0 Å². The van der Waals surface area contributed by atoms with Crippen LogP contribution in [0.2, 0.25) is 10.0 Å². The maximum absolute atomic E-state index is 11.9. The normalized spacial score (nSPS) is 11.8. The number of nitro groups is 1. The molecule has 3 N–H and O–H groups in total. The predicted octanol–water partition coefficient (Wildman–Crippen LogP) is 1.90. The van der Waals surface area contributed by atoms with Crippen LogP contribution in [0.15, 0.2) is 12.1 Å². The third-order valence-electron chi connectivity index (χ3n) is 2.35. The van der Waals surface area contributed by atoms with E-state index < -0.39 is 28.5 Å². The van der Waals surface area contributed by atoms with Crippen molar-refractivity contribution in [1.29, 1.82) is 0 Å². The minimum Gasteiger partial charge on any atom is -0.370 e. The van der Waals surface area contributed by atoms with Crippen molar-refractivity contribution in [2.24, 2.45) is 5.73 Å². The number of primary amides is 1. The Morgan fingerprint density at radius 2 is 2.05 bits per heavy atom. The molecule has 0 radical (unpaired) electrons. The third-order valence-corrected chi connectivity index (χ3v) is 3.14. The minimum atomic E-state index is -0.738. The Bertz CT molecular complexity index is 577. The monoisotopic (exact) mass is 319 g/mol. The van der Waals surface area contributed by atoms with Crippen molar-refractivity contribution in [3.63, 3.8) is 0 Å². The van der Waals surface area contributed by atoms with Gasteiger partial charge in [-0.2, -0.15) is 0 Å². The summed E-state index contributed by atoms with van der Waals surface area (Å²) in [6.45, 7) is 1.58. The Balaban J connectivity index is 2.99. The van der Waals surface area contributed by atoms with Crippen LogP contribution in [0.3, 0.4) is 0 Å². The molecule has 0 aliphatic heterocycles. The molecule has 0 fully saturated rings. The average molecular weight is 320 g/mol. The first kappa shape index (κ1) is 16.2. The second-order valence-corrected chi connectivity index (χ2v) is 4.88. The molecule has 0 saturated carbocycles. The molecule has 0 bridgehead atoms. The van der Waals surface area contributed by atoms with Crippen molar-refractivity contribution >= 4 is 40.7 Å². The maximum atomic E-state index is 11.9. The van der Waals surface area contributed by atoms with E-state index in [0.29, 0.717) is 0 Å². The lowest BCUT2D eigenvalue weighted by molar-refractivity contribution is -0.384. The summed E-state index contributed by atoms with van der Waals surface area (Å²) in [5, 5.41) is 12.9. The Labute approximate surface area is 124 Å². The number of rotatable bonds is 5. The molecule has 20 heavy (non-hydrogen) atoms. The molecule has 0 heterocycles. The van der Waals surface area contributed by atoms with Gasteiger partial charge in [0.15, 0.2) is 0 Å². The molecule has 0 spiro atoms. The lowest BCUT2D eigenvalue weighted by Crippen LogP contribution is -2.35. The first-order chi connectivity index (χ1) is 9.22. The zero-order valence-electron chi connectivity index (χ0n) is 10.4. The summed E-state index contributed by atoms with van der Waals surface area (Å²) in [4.78, 5) is 32.6. The molecule has 7 nitrogen and oxygen atoms in total. The van der Waals surface area contributed by atoms with E-state index in [1.54, 1.807) is 6.92 Å². The van der Waals surface area contributed by atoms with Crippen LogP contribution in [-0.2, 0) is 4.79 Å². The van der Waals surface area contributed by atoms with Crippen LogP contribution in [-0.4, -0.2) is 22.8 Å². The highest BCUT2D eigenvalue weighted by Crippen LogP contribution is 2.33. The van der Waals surface area contributed by atoms with Gasteiger partial charge in [-0.1, -0.05) is 23.2 Å². The van der Waals surface area contributed by atoms with Crippen LogP contribution < -0.4 is 11.1 Å². The number of nitrogens with two attached hydrogens (primary N) is 1. The van der Waals surface area contributed by atoms with Gasteiger partial charge in [0, 0.05) is 24.1 Å². The number of benzene rings is 1. The number of nitrogens with one attached hydrogen (secondary N) is 1. The molecule has 1 aromatic carbocycles. The molecular weight excluding hydrogens is 309 g/mol. The number of hydrogen-bond acceptors (Lipinski definition) is 4. The summed E-state index contributed by atoms with van der Waals surface area (Å²) in [7, 11) is 0. The smallest absolute Gasteiger partial charge is 0.290 e. The van der Waals surface area contributed by atoms with Crippen molar-refractivity contribution in [3.8, 4) is 0 Å². The number of halogens is 2. The number of hydrogen-bond donors (Lipinski definition) is 2. The summed E-state index contributed by atoms with van der Waals surface area (Å²) in [6.07, 6.45) is -0.0465. The van der Waals surface area contributed by atoms with Crippen molar-refractivity contribution in [3.05, 3.63) is 37.9 Å². The van der Waals surface area contributed by atoms with Gasteiger partial charge < -0.3 is 11.1 Å². The first-order valence-electron chi connectivity index (χ1n) is 5.45. The lowest BCUT2D eigenvalue weighted by Gasteiger charge is -2.12. The first-order valence-corrected chi connectivity index (χ1v) is 6.20. The zero-order chi connectivity index (χ0) is 15.4. The zero-order valence-corrected chi connectivity index (χ0v) is 11.9. The molecule has 2 amide bonds. The Kier molecular flexibility index (Phi) is 5.29. The quantitative estimate of drug-likeness (QED) is 0.636. The summed E-state index contributed by atoms with van der Waals surface area (Å²) in [5.74, 6) is -1.18. The fraction of sp³-hybridized carbons (Fsp3) is 0.273. The third kappa shape index (κ3) is 4.07. The van der Waals surface area contributed by atoms with Gasteiger partial charge in [-0.15, -0.1) is 0 Å². The Morgan fingerprint density at radius 3 is 2.55 bits per heavy atom. The van der Waals surface area contributed by atoms with E-state index in [4.69, 9.17) is 28.9 Å². The second-order valence-electron chi connectivity index (χ2n) is 4.09. The number of carbonyl (C=O) groups excluding carboxylic acids is 2. The van der Waals surface area contributed by atoms with Gasteiger partial charge in [-0.05, 0) is 13.0 Å². The van der Waals surface area contributed by atoms with Gasteiger partial charge in [-0.25, -0.2) is 0 Å². The van der Waals surface area contributed by atoms with Crippen LogP contribution in [0, 0.1) is 10.1 Å². The standard InChI is InChI=1S/C11H11Cl2N3O4/c1-5(2-9(14)17)15-11(18)6-3-7(12)10(13)8(4-6)16(19)20/h3-5H,2H2,1H3,(H2,14,17)(H,15,18). The van der Waals surface area contributed by atoms with Crippen LogP contribution in [0.4, 0.5) is 5.69 Å². The van der Waals surface area contributed by atoms with E-state index in [9.17, 15) is 19.7 Å². The molecule has 1 rings (SSSR count). The minimum absolute atomic E-state index is 0.0255. The molecule has 0 saturated heterocycles. The van der Waals surface area contributed by atoms with Crippen LogP contribution in [0.25, 0.3) is 0 Å². The molecule has 0 aromatic heterocycles. The molecule has 0 aliphatic rings. The average Bonchev–Trinajstić information content (AvgIpc) is 2.30. The summed E-state index contributed by atoms with van der Waals surface area (Å²) in [5.41, 5.74) is 4.51. The van der Waals surface area contributed by atoms with Gasteiger partial charge in [0.05, 0.1) is 9.95 Å². The fourth-order valence-electron chi connectivity index (χ4n) is 1.50. The second kappa shape index (κ2) is 6.53. The van der Waals surface area contributed by atoms with E-state index in [-0.39, 0.29) is 22.0 Å². The number of nitrogens with zero attached hydrogens (tertiary/aromatic N) is 1. The van der Waals surface area contributed by atoms with Gasteiger partial charge in [0.1, 0.15) is 5.02 Å². The van der Waals surface area contributed by atoms with E-state index in [0.717, 1.165) is 6.07 Å². The number of amides is 2. The Hall–Kier alpha value is -1.86. The summed E-state index contributed by atoms with van der Waals surface area (Å²) >= 11 is 11.4. The molecule has 1 aromatic rings. The van der Waals surface area contributed by atoms with E-state index >= 15 is 0 Å².